The van der Waals surface area contributed by atoms with Crippen LogP contribution in [0, 0.1) is 0 Å². The highest BCUT2D eigenvalue weighted by Crippen LogP contribution is 2.41. The molecule has 0 heterocycles. The van der Waals surface area contributed by atoms with E-state index < -0.39 is 16.3 Å². The van der Waals surface area contributed by atoms with Gasteiger partial charge in [-0.05, 0) is 29.5 Å². The fraction of sp³-hybridized carbons (Fsp3) is 0.455. The van der Waals surface area contributed by atoms with Gasteiger partial charge in [0.2, 0.25) is 0 Å². The normalized spacial score (nSPS) is 13.4. The van der Waals surface area contributed by atoms with Gasteiger partial charge in [-0.3, -0.25) is 4.21 Å². The van der Waals surface area contributed by atoms with Crippen molar-refractivity contribution in [2.45, 2.75) is 23.1 Å². The number of thioether (sulfide) groups is 1. The van der Waals surface area contributed by atoms with Crippen molar-refractivity contribution in [3.8, 4) is 5.75 Å². The molecule has 0 saturated carbocycles. The van der Waals surface area contributed by atoms with Crippen LogP contribution in [0.15, 0.2) is 23.1 Å². The van der Waals surface area contributed by atoms with Crippen LogP contribution >= 0.6 is 11.8 Å². The second-order valence-corrected chi connectivity index (χ2v) is 6.26. The molecule has 1 rings (SSSR count). The molecule has 0 bridgehead atoms. The summed E-state index contributed by atoms with van der Waals surface area (Å²) >= 11 is -0.223. The molecule has 0 fully saturated rings. The van der Waals surface area contributed by atoms with E-state index in [-0.39, 0.29) is 28.2 Å². The Morgan fingerprint density at radius 1 is 1.39 bits per heavy atom. The maximum absolute atomic E-state index is 12.4. The van der Waals surface area contributed by atoms with Gasteiger partial charge >= 0.3 is 5.51 Å². The van der Waals surface area contributed by atoms with E-state index in [2.05, 4.69) is 0 Å². The largest absolute Gasteiger partial charge is 0.496 e. The topological polar surface area (TPSA) is 26.3 Å². The van der Waals surface area contributed by atoms with E-state index in [1.54, 1.807) is 13.0 Å². The first kappa shape index (κ1) is 15.4. The van der Waals surface area contributed by atoms with Crippen molar-refractivity contribution >= 4 is 22.6 Å². The summed E-state index contributed by atoms with van der Waals surface area (Å²) in [6, 6.07) is 4.48. The van der Waals surface area contributed by atoms with Crippen LogP contribution in [0.3, 0.4) is 0 Å². The second-order valence-electron chi connectivity index (χ2n) is 3.41. The maximum atomic E-state index is 12.4. The Morgan fingerprint density at radius 2 is 2.06 bits per heavy atom. The van der Waals surface area contributed by atoms with E-state index in [0.717, 1.165) is 0 Å². The number of alkyl halides is 3. The van der Waals surface area contributed by atoms with E-state index in [1.807, 2.05) is 0 Å². The number of hydrogen-bond donors (Lipinski definition) is 0. The molecule has 2 nitrogen and oxygen atoms in total. The van der Waals surface area contributed by atoms with Gasteiger partial charge in [0.05, 0.1) is 12.0 Å². The lowest BCUT2D eigenvalue weighted by Crippen LogP contribution is -2.02. The Labute approximate surface area is 110 Å². The average Bonchev–Trinajstić information content (AvgIpc) is 2.27. The van der Waals surface area contributed by atoms with Gasteiger partial charge < -0.3 is 4.74 Å². The summed E-state index contributed by atoms with van der Waals surface area (Å²) in [6.45, 7) is 1.77. The van der Waals surface area contributed by atoms with Crippen molar-refractivity contribution in [2.24, 2.45) is 0 Å². The molecular formula is C11H13F3O2S2. The molecule has 0 unspecified atom stereocenters. The standard InChI is InChI=1S/C11H13F3O2S2/c1-3-18(15)7-8-4-5-9(16-2)10(6-8)17-11(12,13)14/h4-6H,3,7H2,1-2H3/t18-/m1/s1. The predicted molar refractivity (Wildman–Crippen MR) is 67.3 cm³/mol. The lowest BCUT2D eigenvalue weighted by Gasteiger charge is -2.11. The van der Waals surface area contributed by atoms with Gasteiger partial charge in [-0.15, -0.1) is 0 Å². The number of ether oxygens (including phenoxy) is 1. The smallest absolute Gasteiger partial charge is 0.446 e. The minimum Gasteiger partial charge on any atom is -0.496 e. The first-order valence-electron chi connectivity index (χ1n) is 5.13. The minimum atomic E-state index is -4.37. The summed E-state index contributed by atoms with van der Waals surface area (Å²) in [5.41, 5.74) is -3.75. The maximum Gasteiger partial charge on any atom is 0.446 e. The lowest BCUT2D eigenvalue weighted by atomic mass is 10.2. The van der Waals surface area contributed by atoms with Crippen molar-refractivity contribution in [3.05, 3.63) is 23.8 Å². The van der Waals surface area contributed by atoms with Crippen LogP contribution < -0.4 is 4.74 Å². The number of benzene rings is 1. The molecule has 0 aromatic heterocycles. The quantitative estimate of drug-likeness (QED) is 0.777. The Hall–Kier alpha value is -0.690. The second kappa shape index (κ2) is 6.47. The minimum absolute atomic E-state index is 0.00407. The molecular weight excluding hydrogens is 285 g/mol. The van der Waals surface area contributed by atoms with Gasteiger partial charge in [0, 0.05) is 22.3 Å². The van der Waals surface area contributed by atoms with E-state index in [0.29, 0.717) is 11.3 Å². The summed E-state index contributed by atoms with van der Waals surface area (Å²) < 4.78 is 53.4. The van der Waals surface area contributed by atoms with Crippen molar-refractivity contribution in [2.75, 3.05) is 12.9 Å². The average molecular weight is 298 g/mol. The Bertz CT molecular complexity index is 433. The molecule has 0 spiro atoms. The molecule has 1 aromatic rings. The van der Waals surface area contributed by atoms with Gasteiger partial charge in [-0.2, -0.15) is 13.2 Å². The van der Waals surface area contributed by atoms with Gasteiger partial charge in [-0.25, -0.2) is 0 Å². The number of hydrogen-bond acceptors (Lipinski definition) is 3. The molecule has 18 heavy (non-hydrogen) atoms. The van der Waals surface area contributed by atoms with Crippen molar-refractivity contribution in [1.82, 2.24) is 0 Å². The highest BCUT2D eigenvalue weighted by molar-refractivity contribution is 8.00. The highest BCUT2D eigenvalue weighted by Gasteiger charge is 2.30. The van der Waals surface area contributed by atoms with Gasteiger partial charge in [0.25, 0.3) is 0 Å². The van der Waals surface area contributed by atoms with Gasteiger partial charge in [0.1, 0.15) is 5.75 Å². The van der Waals surface area contributed by atoms with E-state index in [9.17, 15) is 17.4 Å². The summed E-state index contributed by atoms with van der Waals surface area (Å²) in [4.78, 5) is -0.00407. The molecule has 0 aliphatic rings. The van der Waals surface area contributed by atoms with E-state index >= 15 is 0 Å². The zero-order chi connectivity index (χ0) is 13.8. The molecule has 7 heteroatoms. The number of halogens is 3. The van der Waals surface area contributed by atoms with E-state index in [4.69, 9.17) is 4.74 Å². The van der Waals surface area contributed by atoms with Crippen molar-refractivity contribution in [1.29, 1.82) is 0 Å². The Balaban J connectivity index is 2.98. The third-order valence-corrected chi connectivity index (χ3v) is 4.17. The van der Waals surface area contributed by atoms with Crippen LogP contribution in [0.4, 0.5) is 13.2 Å². The van der Waals surface area contributed by atoms with E-state index in [1.165, 1.54) is 19.2 Å². The fourth-order valence-electron chi connectivity index (χ4n) is 1.30. The molecule has 102 valence electrons. The van der Waals surface area contributed by atoms with Crippen molar-refractivity contribution < 1.29 is 22.1 Å². The molecule has 0 amide bonds. The predicted octanol–water partition coefficient (Wildman–Crippen LogP) is 3.58. The SMILES string of the molecule is CC[S@@](=O)Cc1ccc(OC)c(SC(F)(F)F)c1. The zero-order valence-corrected chi connectivity index (χ0v) is 11.5. The van der Waals surface area contributed by atoms with Crippen LogP contribution in [0.5, 0.6) is 5.75 Å². The van der Waals surface area contributed by atoms with Crippen LogP contribution in [0.25, 0.3) is 0 Å². The summed E-state index contributed by atoms with van der Waals surface area (Å²) in [6.07, 6.45) is 0. The third kappa shape index (κ3) is 4.89. The Kier molecular flexibility index (Phi) is 5.52. The van der Waals surface area contributed by atoms with Crippen molar-refractivity contribution in [3.63, 3.8) is 0 Å². The summed E-state index contributed by atoms with van der Waals surface area (Å²) in [7, 11) is 0.270. The molecule has 1 aromatic carbocycles. The highest BCUT2D eigenvalue weighted by atomic mass is 32.2. The molecule has 0 saturated heterocycles. The van der Waals surface area contributed by atoms with Gasteiger partial charge in [-0.1, -0.05) is 13.0 Å². The Morgan fingerprint density at radius 3 is 2.56 bits per heavy atom. The lowest BCUT2D eigenvalue weighted by molar-refractivity contribution is -0.0328. The molecule has 0 aliphatic heterocycles. The fourth-order valence-corrected chi connectivity index (χ4v) is 2.77. The number of rotatable bonds is 5. The first-order valence-corrected chi connectivity index (χ1v) is 7.43. The van der Waals surface area contributed by atoms with Crippen LogP contribution in [0.1, 0.15) is 12.5 Å². The van der Waals surface area contributed by atoms with Crippen LogP contribution in [-0.2, 0) is 16.6 Å². The number of methoxy groups -OCH3 is 1. The third-order valence-electron chi connectivity index (χ3n) is 2.10. The molecule has 0 aliphatic carbocycles. The van der Waals surface area contributed by atoms with Gasteiger partial charge in [0.15, 0.2) is 0 Å². The van der Waals surface area contributed by atoms with Crippen LogP contribution in [-0.4, -0.2) is 22.6 Å². The van der Waals surface area contributed by atoms with Crippen LogP contribution in [0.2, 0.25) is 0 Å². The monoisotopic (exact) mass is 298 g/mol. The summed E-state index contributed by atoms with van der Waals surface area (Å²) in [5, 5.41) is 0. The molecule has 0 radical (unpaired) electrons. The summed E-state index contributed by atoms with van der Waals surface area (Å²) in [5.74, 6) is 0.906. The first-order chi connectivity index (χ1) is 8.35. The molecule has 1 atom stereocenters. The zero-order valence-electron chi connectivity index (χ0n) is 9.91. The molecule has 0 N–H and O–H groups in total.